The molecule has 1 aliphatic rings. The van der Waals surface area contributed by atoms with Crippen molar-refractivity contribution in [2.75, 3.05) is 13.2 Å². The number of ether oxygens (including phenoxy) is 2. The van der Waals surface area contributed by atoms with Gasteiger partial charge < -0.3 is 44.6 Å². The Morgan fingerprint density at radius 3 is 1.49 bits per heavy atom. The van der Waals surface area contributed by atoms with E-state index in [1.165, 1.54) is 44.9 Å². The Kier molecular flexibility index (Phi) is 31.2. The molecule has 0 amide bonds. The van der Waals surface area contributed by atoms with Crippen molar-refractivity contribution < 1.29 is 98.3 Å². The summed E-state index contributed by atoms with van der Waals surface area (Å²) in [5.74, 6) is 32.8. The second-order valence-corrected chi connectivity index (χ2v) is 15.6. The van der Waals surface area contributed by atoms with E-state index >= 15 is 0 Å². The van der Waals surface area contributed by atoms with Crippen molar-refractivity contribution >= 4 is 41.1 Å². The number of carbonyl (C=O) groups is 2. The molecular weight excluding hydrogens is 854 g/mol. The molecule has 0 aromatic rings. The molecule has 8 atom stereocenters. The monoisotopic (exact) mass is 936 g/mol. The van der Waals surface area contributed by atoms with Gasteiger partial charge in [0, 0.05) is 33.7 Å². The average Bonchev–Trinajstić information content (AvgIpc) is 3.20. The predicted octanol–water partition coefficient (Wildman–Crippen LogP) is 5.82. The number of phosphoric acid groups is 2. The Bertz CT molecular complexity index is 2040. The first kappa shape index (κ1) is 56.8. The van der Waals surface area contributed by atoms with E-state index in [0.29, 0.717) is 6.42 Å². The lowest BCUT2D eigenvalue weighted by atomic mass is 9.85. The number of unbranched alkanes of at least 4 members (excludes halogenated alkanes) is 12. The number of carbonyl (C=O) groups excluding carboxylic acids is 2. The van der Waals surface area contributed by atoms with E-state index < -0.39 is 83.5 Å². The van der Waals surface area contributed by atoms with Crippen LogP contribution in [0.4, 0.5) is 0 Å². The summed E-state index contributed by atoms with van der Waals surface area (Å²) in [6, 6.07) is 0. The summed E-state index contributed by atoms with van der Waals surface area (Å²) in [4.78, 5) is 53.6. The second kappa shape index (κ2) is 33.5. The maximum absolute atomic E-state index is 12.9. The van der Waals surface area contributed by atoms with Gasteiger partial charge in [-0.1, -0.05) is 84.0 Å². The van der Waals surface area contributed by atoms with Gasteiger partial charge in [-0.05, 0) is 89.3 Å². The summed E-state index contributed by atoms with van der Waals surface area (Å²) in [7, 11) is -10.8. The number of esters is 2. The van der Waals surface area contributed by atoms with Gasteiger partial charge in [0.05, 0.1) is 6.61 Å². The minimum absolute atomic E-state index is 0. The first-order valence-corrected chi connectivity index (χ1v) is 22.1. The van der Waals surface area contributed by atoms with Crippen molar-refractivity contribution in [1.29, 1.82) is 0 Å². The molecular formula is C42H82O16P2S. The van der Waals surface area contributed by atoms with Crippen LogP contribution in [0.5, 0.6) is 0 Å². The lowest BCUT2D eigenvalue weighted by molar-refractivity contribution is -0.216. The maximum Gasteiger partial charge on any atom is 0.472 e. The van der Waals surface area contributed by atoms with Crippen LogP contribution in [0.2, 0.25) is 0 Å². The molecule has 0 spiro atoms. The third-order valence-electron chi connectivity index (χ3n) is 8.15. The zero-order valence-electron chi connectivity index (χ0n) is 33.6. The Balaban J connectivity index is -0.000000161. The van der Waals surface area contributed by atoms with E-state index in [9.17, 15) is 44.0 Å². The highest BCUT2D eigenvalue weighted by Gasteiger charge is 2.54. The van der Waals surface area contributed by atoms with Crippen molar-refractivity contribution in [3.63, 3.8) is 0 Å². The molecule has 19 heteroatoms. The van der Waals surface area contributed by atoms with E-state index in [1.54, 1.807) is 0 Å². The van der Waals surface area contributed by atoms with E-state index in [0.717, 1.165) is 32.1 Å². The summed E-state index contributed by atoms with van der Waals surface area (Å²) in [6.07, 6.45) is 3.74. The first-order chi connectivity index (χ1) is 28.6. The highest BCUT2D eigenvalue weighted by molar-refractivity contribution is 7.59. The summed E-state index contributed by atoms with van der Waals surface area (Å²) < 4.78 is 48.5. The summed E-state index contributed by atoms with van der Waals surface area (Å²) in [5, 5.41) is 41.0. The minimum Gasteiger partial charge on any atom is -0.456 e. The van der Waals surface area contributed by atoms with Crippen molar-refractivity contribution in [1.82, 2.24) is 0 Å². The molecule has 0 aromatic carbocycles. The van der Waals surface area contributed by atoms with Crippen LogP contribution >= 0.6 is 29.1 Å². The standard InChI is InChI=1S/C42H50O16P2.H2S.15H2/c1-3-5-7-9-11-13-15-17-19-20-22-24-26-28-30-35(43)54-32-34(56-36(44)31-29-27-25-23-21-18-16-14-12-10-8-6-4-2)33-55-60(52,53)58-42-39(47)37(45)38(46)41(40(42)48)57-59(49,50)51;;;;;;;;;;;;;;;;/h1,34,37-42,45-48H,4,6,8,10,12,14,16,18,21,23,25,27,29,31-33H2,2H3,(H,52,53)(H2,49,50,51);1H2;15*1H/t34-,37-,38+,39?,40+,41?,42?;;;;;;;;;;;;;;;;/m1................/s1. The number of terminal acetylenes is 1. The molecule has 0 aromatic heterocycles. The number of aliphatic hydroxyl groups excluding tert-OH is 4. The normalized spacial score (nSPS) is 20.0. The van der Waals surface area contributed by atoms with E-state index in [2.05, 4.69) is 94.3 Å². The topological polar surface area (TPSA) is 256 Å². The molecule has 1 fully saturated rings. The molecule has 4 unspecified atom stereocenters. The van der Waals surface area contributed by atoms with Crippen molar-refractivity contribution in [2.45, 2.75) is 140 Å². The lowest BCUT2D eigenvalue weighted by Gasteiger charge is -2.43. The van der Waals surface area contributed by atoms with Crippen molar-refractivity contribution in [2.24, 2.45) is 0 Å². The SMILES string of the molecule is C#CC#CC#CC#CC#CC#CC#CC#CC(=O)OC[C@H](COP(=O)(O)OC1C(O)[C@H](O)[C@H](O)C(OP(=O)(O)O)[C@@H]1O)OC(=O)CCCCCCCCCCCCCCC.S.[HH].[HH].[HH].[HH].[HH].[HH].[HH].[HH].[HH].[HH].[HH].[HH].[HH].[HH].[HH]. The van der Waals surface area contributed by atoms with Crippen LogP contribution in [0.25, 0.3) is 0 Å². The first-order valence-electron chi connectivity index (χ1n) is 19.1. The van der Waals surface area contributed by atoms with Gasteiger partial charge in [0.2, 0.25) is 0 Å². The Morgan fingerprint density at radius 2 is 1.03 bits per heavy atom. The fourth-order valence-electron chi connectivity index (χ4n) is 5.27. The molecule has 7 N–H and O–H groups in total. The fourth-order valence-corrected chi connectivity index (χ4v) is 6.81. The fraction of sp³-hybridized carbons (Fsp3) is 0.571. The number of hydrogen-bond acceptors (Lipinski definition) is 13. The lowest BCUT2D eigenvalue weighted by Crippen LogP contribution is -2.64. The molecule has 1 rings (SSSR count). The van der Waals surface area contributed by atoms with Gasteiger partial charge in [-0.15, -0.1) is 6.42 Å². The van der Waals surface area contributed by atoms with Crippen molar-refractivity contribution in [3.8, 4) is 95.2 Å². The molecule has 0 saturated heterocycles. The highest BCUT2D eigenvalue weighted by atomic mass is 32.1. The highest BCUT2D eigenvalue weighted by Crippen LogP contribution is 2.49. The van der Waals surface area contributed by atoms with Gasteiger partial charge in [0.15, 0.2) is 6.10 Å². The van der Waals surface area contributed by atoms with Crippen LogP contribution in [-0.2, 0) is 41.8 Å². The van der Waals surface area contributed by atoms with Gasteiger partial charge in [-0.25, -0.2) is 13.9 Å². The van der Waals surface area contributed by atoms with Crippen LogP contribution in [0.1, 0.15) is 118 Å². The van der Waals surface area contributed by atoms with Gasteiger partial charge in [-0.3, -0.25) is 18.4 Å². The number of aliphatic hydroxyl groups is 4. The van der Waals surface area contributed by atoms with Gasteiger partial charge in [-0.2, -0.15) is 13.5 Å². The third kappa shape index (κ3) is 28.1. The molecule has 0 heterocycles. The van der Waals surface area contributed by atoms with Crippen LogP contribution in [0.3, 0.4) is 0 Å². The van der Waals surface area contributed by atoms with Gasteiger partial charge >= 0.3 is 27.6 Å². The van der Waals surface area contributed by atoms with E-state index in [4.69, 9.17) is 34.7 Å². The molecule has 16 nitrogen and oxygen atoms in total. The van der Waals surface area contributed by atoms with Crippen LogP contribution in [-0.4, -0.2) is 103 Å². The molecule has 0 aliphatic heterocycles. The average molecular weight is 937 g/mol. The van der Waals surface area contributed by atoms with Crippen LogP contribution < -0.4 is 0 Å². The van der Waals surface area contributed by atoms with Gasteiger partial charge in [0.1, 0.15) is 43.2 Å². The minimum atomic E-state index is -5.40. The maximum atomic E-state index is 12.9. The van der Waals surface area contributed by atoms with Crippen molar-refractivity contribution in [3.05, 3.63) is 0 Å². The molecule has 362 valence electrons. The second-order valence-electron chi connectivity index (χ2n) is 13.0. The summed E-state index contributed by atoms with van der Waals surface area (Å²) in [5.41, 5.74) is 0. The van der Waals surface area contributed by atoms with Gasteiger partial charge in [0.25, 0.3) is 0 Å². The van der Waals surface area contributed by atoms with E-state index in [1.807, 2.05) is 5.92 Å². The molecule has 1 aliphatic carbocycles. The largest absolute Gasteiger partial charge is 0.472 e. The number of hydrogen-bond donors (Lipinski definition) is 7. The van der Waals surface area contributed by atoms with E-state index in [-0.39, 0.29) is 41.3 Å². The molecule has 0 bridgehead atoms. The quantitative estimate of drug-likeness (QED) is 0.0198. The number of phosphoric ester groups is 2. The zero-order valence-corrected chi connectivity index (χ0v) is 36.4. The summed E-state index contributed by atoms with van der Waals surface area (Å²) >= 11 is 0. The van der Waals surface area contributed by atoms with Crippen LogP contribution in [0.15, 0.2) is 0 Å². The predicted molar refractivity (Wildman–Crippen MR) is 258 cm³/mol. The summed E-state index contributed by atoms with van der Waals surface area (Å²) in [6.45, 7) is 0.497. The Hall–Kier alpha value is -4.17. The molecule has 1 saturated carbocycles. The number of rotatable bonds is 24. The third-order valence-corrected chi connectivity index (χ3v) is 9.66. The van der Waals surface area contributed by atoms with Crippen LogP contribution in [0, 0.1) is 95.2 Å². The molecule has 0 radical (unpaired) electrons. The Labute approximate surface area is 387 Å². The zero-order chi connectivity index (χ0) is 44.7. The smallest absolute Gasteiger partial charge is 0.456 e. The Morgan fingerprint density at radius 1 is 0.607 bits per heavy atom. The molecule has 61 heavy (non-hydrogen) atoms.